The smallest absolute Gasteiger partial charge is 0.416 e. The summed E-state index contributed by atoms with van der Waals surface area (Å²) in [7, 11) is 0. The Kier molecular flexibility index (Phi) is 8.21. The number of aromatic nitrogens is 1. The van der Waals surface area contributed by atoms with E-state index in [1.165, 1.54) is 30.5 Å². The van der Waals surface area contributed by atoms with Crippen LogP contribution in [0.4, 0.5) is 19.0 Å². The summed E-state index contributed by atoms with van der Waals surface area (Å²) in [4.78, 5) is 16.4. The number of hydrogen-bond donors (Lipinski definition) is 2. The van der Waals surface area contributed by atoms with E-state index in [9.17, 15) is 23.1 Å². The highest BCUT2D eigenvalue weighted by atomic mass is 19.4. The highest BCUT2D eigenvalue weighted by Crippen LogP contribution is 2.32. The lowest BCUT2D eigenvalue weighted by atomic mass is 9.96. The fourth-order valence-electron chi connectivity index (χ4n) is 3.16. The molecule has 0 spiro atoms. The number of nitrogens with zero attached hydrogens (tertiary/aromatic N) is 1. The Labute approximate surface area is 195 Å². The van der Waals surface area contributed by atoms with Crippen LogP contribution in [0, 0.1) is 0 Å². The SMILES string of the molecule is CCOc1ccc(C(=CC=CC(=O)Nc2ncccc2CO)c2ccc(C(F)(F)F)cc2)cc1. The van der Waals surface area contributed by atoms with Gasteiger partial charge in [0.2, 0.25) is 5.91 Å². The maximum atomic E-state index is 13.0. The zero-order valence-corrected chi connectivity index (χ0v) is 18.3. The van der Waals surface area contributed by atoms with Crippen molar-refractivity contribution in [1.82, 2.24) is 4.98 Å². The molecule has 0 aliphatic heterocycles. The number of nitrogens with one attached hydrogen (secondary N) is 1. The number of allylic oxidation sites excluding steroid dienone is 2. The number of ether oxygens (including phenoxy) is 1. The van der Waals surface area contributed by atoms with Gasteiger partial charge in [0.15, 0.2) is 0 Å². The van der Waals surface area contributed by atoms with Crippen LogP contribution in [0.1, 0.15) is 29.2 Å². The monoisotopic (exact) mass is 468 g/mol. The molecule has 1 aromatic heterocycles. The van der Waals surface area contributed by atoms with Gasteiger partial charge >= 0.3 is 6.18 Å². The van der Waals surface area contributed by atoms with Gasteiger partial charge in [0.1, 0.15) is 11.6 Å². The number of carbonyl (C=O) groups is 1. The summed E-state index contributed by atoms with van der Waals surface area (Å²) in [5.74, 6) is 0.448. The summed E-state index contributed by atoms with van der Waals surface area (Å²) in [6.07, 6.45) is 1.48. The van der Waals surface area contributed by atoms with E-state index in [-0.39, 0.29) is 12.4 Å². The normalized spacial score (nSPS) is 12.1. The summed E-state index contributed by atoms with van der Waals surface area (Å²) in [6, 6.07) is 15.2. The lowest BCUT2D eigenvalue weighted by Crippen LogP contribution is -2.11. The third-order valence-corrected chi connectivity index (χ3v) is 4.81. The van der Waals surface area contributed by atoms with Crippen molar-refractivity contribution in [1.29, 1.82) is 0 Å². The van der Waals surface area contributed by atoms with Crippen LogP contribution in [0.25, 0.3) is 5.57 Å². The van der Waals surface area contributed by atoms with Crippen molar-refractivity contribution in [3.63, 3.8) is 0 Å². The zero-order valence-electron chi connectivity index (χ0n) is 18.3. The number of halogens is 3. The highest BCUT2D eigenvalue weighted by molar-refractivity contribution is 5.99. The van der Waals surface area contributed by atoms with Gasteiger partial charge in [0, 0.05) is 17.8 Å². The number of hydrogen-bond acceptors (Lipinski definition) is 4. The van der Waals surface area contributed by atoms with Crippen LogP contribution < -0.4 is 10.1 Å². The van der Waals surface area contributed by atoms with E-state index < -0.39 is 17.6 Å². The minimum Gasteiger partial charge on any atom is -0.494 e. The van der Waals surface area contributed by atoms with Crippen molar-refractivity contribution in [2.24, 2.45) is 0 Å². The molecule has 3 rings (SSSR count). The number of amides is 1. The molecule has 0 saturated carbocycles. The molecule has 0 fully saturated rings. The molecule has 1 heterocycles. The number of aliphatic hydroxyl groups is 1. The second-order valence-corrected chi connectivity index (χ2v) is 7.13. The lowest BCUT2D eigenvalue weighted by molar-refractivity contribution is -0.137. The lowest BCUT2D eigenvalue weighted by Gasteiger charge is -2.12. The molecule has 3 aromatic rings. The minimum absolute atomic E-state index is 0.248. The van der Waals surface area contributed by atoms with Gasteiger partial charge in [-0.25, -0.2) is 4.98 Å². The summed E-state index contributed by atoms with van der Waals surface area (Å²) in [5.41, 5.74) is 1.64. The minimum atomic E-state index is -4.43. The zero-order chi connectivity index (χ0) is 24.6. The molecule has 0 saturated heterocycles. The molecule has 2 aromatic carbocycles. The van der Waals surface area contributed by atoms with Crippen molar-refractivity contribution in [2.75, 3.05) is 11.9 Å². The van der Waals surface area contributed by atoms with Crippen molar-refractivity contribution in [2.45, 2.75) is 19.7 Å². The molecule has 0 bridgehead atoms. The number of benzene rings is 2. The molecular weight excluding hydrogens is 445 g/mol. The number of pyridine rings is 1. The van der Waals surface area contributed by atoms with Gasteiger partial charge in [-0.15, -0.1) is 0 Å². The molecule has 0 radical (unpaired) electrons. The number of anilines is 1. The quantitative estimate of drug-likeness (QED) is 0.333. The Balaban J connectivity index is 1.88. The molecule has 1 amide bonds. The van der Waals surface area contributed by atoms with Gasteiger partial charge in [-0.3, -0.25) is 4.79 Å². The fourth-order valence-corrected chi connectivity index (χ4v) is 3.16. The summed E-state index contributed by atoms with van der Waals surface area (Å²) in [6.45, 7) is 2.10. The first-order valence-electron chi connectivity index (χ1n) is 10.5. The first-order chi connectivity index (χ1) is 16.3. The molecule has 2 N–H and O–H groups in total. The predicted molar refractivity (Wildman–Crippen MR) is 124 cm³/mol. The second-order valence-electron chi connectivity index (χ2n) is 7.13. The summed E-state index contributed by atoms with van der Waals surface area (Å²) in [5, 5.41) is 11.9. The topological polar surface area (TPSA) is 71.5 Å². The first-order valence-corrected chi connectivity index (χ1v) is 10.5. The summed E-state index contributed by atoms with van der Waals surface area (Å²) >= 11 is 0. The average molecular weight is 468 g/mol. The van der Waals surface area contributed by atoms with E-state index in [0.717, 1.165) is 17.7 Å². The van der Waals surface area contributed by atoms with Gasteiger partial charge < -0.3 is 15.2 Å². The molecule has 176 valence electrons. The van der Waals surface area contributed by atoms with Crippen LogP contribution in [0.5, 0.6) is 5.75 Å². The molecule has 8 heteroatoms. The van der Waals surface area contributed by atoms with Crippen LogP contribution in [-0.4, -0.2) is 22.6 Å². The number of carbonyl (C=O) groups excluding carboxylic acids is 1. The van der Waals surface area contributed by atoms with Gasteiger partial charge in [0.05, 0.1) is 18.8 Å². The van der Waals surface area contributed by atoms with Crippen molar-refractivity contribution < 1.29 is 27.8 Å². The van der Waals surface area contributed by atoms with Gasteiger partial charge in [0.25, 0.3) is 0 Å². The van der Waals surface area contributed by atoms with E-state index in [2.05, 4.69) is 10.3 Å². The Morgan fingerprint density at radius 2 is 1.71 bits per heavy atom. The predicted octanol–water partition coefficient (Wildman–Crippen LogP) is 5.62. The molecule has 0 atom stereocenters. The highest BCUT2D eigenvalue weighted by Gasteiger charge is 2.30. The number of aliphatic hydroxyl groups excluding tert-OH is 1. The molecule has 0 unspecified atom stereocenters. The Morgan fingerprint density at radius 1 is 1.06 bits per heavy atom. The Bertz CT molecular complexity index is 1170. The summed E-state index contributed by atoms with van der Waals surface area (Å²) < 4.78 is 44.4. The van der Waals surface area contributed by atoms with E-state index >= 15 is 0 Å². The van der Waals surface area contributed by atoms with Crippen molar-refractivity contribution in [3.05, 3.63) is 107 Å². The van der Waals surface area contributed by atoms with Crippen LogP contribution >= 0.6 is 0 Å². The van der Waals surface area contributed by atoms with Gasteiger partial charge in [-0.2, -0.15) is 13.2 Å². The Morgan fingerprint density at radius 3 is 2.29 bits per heavy atom. The number of alkyl halides is 3. The molecule has 0 aliphatic rings. The number of rotatable bonds is 8. The molecule has 0 aliphatic carbocycles. The van der Waals surface area contributed by atoms with Crippen LogP contribution in [0.15, 0.2) is 85.1 Å². The second kappa shape index (κ2) is 11.3. The van der Waals surface area contributed by atoms with E-state index in [1.807, 2.05) is 6.92 Å². The van der Waals surface area contributed by atoms with Crippen LogP contribution in [0.3, 0.4) is 0 Å². The van der Waals surface area contributed by atoms with Crippen LogP contribution in [-0.2, 0) is 17.6 Å². The maximum absolute atomic E-state index is 13.0. The van der Waals surface area contributed by atoms with Crippen molar-refractivity contribution >= 4 is 17.3 Å². The average Bonchev–Trinajstić information content (AvgIpc) is 2.83. The Hall–Kier alpha value is -3.91. The fraction of sp³-hybridized carbons (Fsp3) is 0.154. The standard InChI is InChI=1S/C26H23F3N2O3/c1-2-34-22-14-10-19(11-15-22)23(18-8-12-21(13-9-18)26(27,28)29)6-3-7-24(33)31-25-20(17-32)5-4-16-30-25/h3-16,32H,2,17H2,1H3,(H,30,31,33). The third-order valence-electron chi connectivity index (χ3n) is 4.81. The first kappa shape index (κ1) is 24.7. The van der Waals surface area contributed by atoms with Crippen LogP contribution in [0.2, 0.25) is 0 Å². The van der Waals surface area contributed by atoms with Gasteiger partial charge in [-0.1, -0.05) is 42.5 Å². The van der Waals surface area contributed by atoms with E-state index in [4.69, 9.17) is 4.74 Å². The third kappa shape index (κ3) is 6.55. The van der Waals surface area contributed by atoms with E-state index in [1.54, 1.807) is 42.5 Å². The molecule has 34 heavy (non-hydrogen) atoms. The largest absolute Gasteiger partial charge is 0.494 e. The van der Waals surface area contributed by atoms with E-state index in [0.29, 0.717) is 29.1 Å². The van der Waals surface area contributed by atoms with Gasteiger partial charge in [-0.05, 0) is 54.0 Å². The molecule has 5 nitrogen and oxygen atoms in total. The maximum Gasteiger partial charge on any atom is 0.416 e. The molecular formula is C26H23F3N2O3. The van der Waals surface area contributed by atoms with Crippen molar-refractivity contribution in [3.8, 4) is 5.75 Å².